The maximum absolute atomic E-state index is 10.6. The van der Waals surface area contributed by atoms with E-state index in [1.165, 1.54) is 12.1 Å². The van der Waals surface area contributed by atoms with E-state index in [-0.39, 0.29) is 16.9 Å². The second kappa shape index (κ2) is 9.25. The van der Waals surface area contributed by atoms with Crippen molar-refractivity contribution in [3.8, 4) is 0 Å². The largest absolute Gasteiger partial charge is 0.366 e. The Morgan fingerprint density at radius 3 is 2.22 bits per heavy atom. The number of nitro benzene ring substituents is 1. The highest BCUT2D eigenvalue weighted by molar-refractivity contribution is 6.28. The molecule has 0 radical (unpaired) electrons. The normalized spacial score (nSPS) is 9.70. The second-order valence-corrected chi connectivity index (χ2v) is 5.58. The molecule has 0 saturated carbocycles. The Hall–Kier alpha value is -3.52. The Bertz CT molecular complexity index is 920. The van der Waals surface area contributed by atoms with Gasteiger partial charge < -0.3 is 10.6 Å². The molecule has 0 spiro atoms. The van der Waals surface area contributed by atoms with Crippen LogP contribution in [-0.2, 0) is 0 Å². The van der Waals surface area contributed by atoms with Crippen molar-refractivity contribution in [1.82, 2.24) is 9.97 Å². The number of rotatable bonds is 4. The molecule has 0 unspecified atom stereocenters. The quantitative estimate of drug-likeness (QED) is 0.417. The Balaban J connectivity index is 0.000000244. The first-order chi connectivity index (χ1) is 12.9. The number of halogens is 1. The molecule has 138 valence electrons. The molecule has 0 saturated heterocycles. The number of benzene rings is 2. The summed E-state index contributed by atoms with van der Waals surface area (Å²) < 4.78 is 0. The molecule has 0 aliphatic rings. The number of carbonyl (C=O) groups excluding carboxylic acids is 1. The number of nitrogens with two attached hydrogens (primary N) is 1. The zero-order chi connectivity index (χ0) is 19.8. The van der Waals surface area contributed by atoms with E-state index in [1.54, 1.807) is 60.6 Å². The summed E-state index contributed by atoms with van der Waals surface area (Å²) in [6.45, 7) is 0. The van der Waals surface area contributed by atoms with Crippen molar-refractivity contribution in [2.45, 2.75) is 0 Å². The van der Waals surface area contributed by atoms with Crippen LogP contribution >= 0.6 is 11.6 Å². The minimum Gasteiger partial charge on any atom is -0.366 e. The maximum Gasteiger partial charge on any atom is 0.269 e. The Kier molecular flexibility index (Phi) is 6.79. The molecule has 1 heterocycles. The van der Waals surface area contributed by atoms with Crippen molar-refractivity contribution in [3.63, 3.8) is 0 Å². The predicted octanol–water partition coefficient (Wildman–Crippen LogP) is 3.59. The molecule has 0 bridgehead atoms. The van der Waals surface area contributed by atoms with E-state index in [0.29, 0.717) is 11.4 Å². The first kappa shape index (κ1) is 19.8. The van der Waals surface area contributed by atoms with Crippen LogP contribution < -0.4 is 10.6 Å². The summed E-state index contributed by atoms with van der Waals surface area (Å²) in [5.41, 5.74) is 6.35. The number of hydrogen-bond donors (Lipinski definition) is 1. The van der Waals surface area contributed by atoms with Crippen LogP contribution in [0.2, 0.25) is 5.28 Å². The van der Waals surface area contributed by atoms with Crippen molar-refractivity contribution in [2.75, 3.05) is 11.9 Å². The lowest BCUT2D eigenvalue weighted by Crippen LogP contribution is -2.11. The van der Waals surface area contributed by atoms with E-state index in [1.807, 2.05) is 6.07 Å². The average Bonchev–Trinajstić information content (AvgIpc) is 2.68. The molecule has 0 atom stereocenters. The number of amides is 1. The zero-order valence-corrected chi connectivity index (χ0v) is 15.1. The zero-order valence-electron chi connectivity index (χ0n) is 14.3. The second-order valence-electron chi connectivity index (χ2n) is 5.25. The topological polar surface area (TPSA) is 115 Å². The number of aromatic nitrogens is 2. The fourth-order valence-corrected chi connectivity index (χ4v) is 2.19. The van der Waals surface area contributed by atoms with Gasteiger partial charge in [-0.3, -0.25) is 14.9 Å². The standard InChI is InChI=1S/C11H9ClN4O2.C7H7NO/c1-15(10-6-7-13-11(12)14-10)8-2-4-9(5-3-8)16(17)18;8-7(9)6-4-2-1-3-5-6/h2-7H,1H3;1-5H,(H2,8,9). The summed E-state index contributed by atoms with van der Waals surface area (Å²) in [5, 5.41) is 10.7. The lowest BCUT2D eigenvalue weighted by molar-refractivity contribution is -0.384. The van der Waals surface area contributed by atoms with E-state index in [9.17, 15) is 14.9 Å². The Morgan fingerprint density at radius 1 is 1.11 bits per heavy atom. The highest BCUT2D eigenvalue weighted by Gasteiger charge is 2.09. The van der Waals surface area contributed by atoms with Gasteiger partial charge in [-0.1, -0.05) is 18.2 Å². The summed E-state index contributed by atoms with van der Waals surface area (Å²) >= 11 is 5.70. The summed E-state index contributed by atoms with van der Waals surface area (Å²) in [4.78, 5) is 30.1. The van der Waals surface area contributed by atoms with Crippen LogP contribution in [0, 0.1) is 10.1 Å². The van der Waals surface area contributed by atoms with Gasteiger partial charge in [0, 0.05) is 36.6 Å². The van der Waals surface area contributed by atoms with Gasteiger partial charge in [-0.2, -0.15) is 0 Å². The van der Waals surface area contributed by atoms with Crippen molar-refractivity contribution in [1.29, 1.82) is 0 Å². The molecule has 1 amide bonds. The van der Waals surface area contributed by atoms with Crippen molar-refractivity contribution in [2.24, 2.45) is 5.73 Å². The molecule has 2 aromatic carbocycles. The first-order valence-electron chi connectivity index (χ1n) is 7.70. The molecule has 0 aliphatic heterocycles. The van der Waals surface area contributed by atoms with Crippen LogP contribution in [0.5, 0.6) is 0 Å². The number of non-ortho nitro benzene ring substituents is 1. The van der Waals surface area contributed by atoms with Crippen LogP contribution in [0.1, 0.15) is 10.4 Å². The van der Waals surface area contributed by atoms with Gasteiger partial charge >= 0.3 is 0 Å². The highest BCUT2D eigenvalue weighted by Crippen LogP contribution is 2.24. The third-order valence-electron chi connectivity index (χ3n) is 3.46. The van der Waals surface area contributed by atoms with Crippen LogP contribution in [-0.4, -0.2) is 27.8 Å². The minimum atomic E-state index is -0.439. The number of primary amides is 1. The minimum absolute atomic E-state index is 0.0490. The van der Waals surface area contributed by atoms with Gasteiger partial charge in [0.2, 0.25) is 11.2 Å². The van der Waals surface area contributed by atoms with Crippen molar-refractivity contribution >= 4 is 34.7 Å². The van der Waals surface area contributed by atoms with Crippen molar-refractivity contribution in [3.05, 3.63) is 87.8 Å². The smallest absolute Gasteiger partial charge is 0.269 e. The van der Waals surface area contributed by atoms with Crippen LogP contribution in [0.3, 0.4) is 0 Å². The Labute approximate surface area is 160 Å². The molecule has 0 fully saturated rings. The van der Waals surface area contributed by atoms with Crippen LogP contribution in [0.4, 0.5) is 17.2 Å². The SMILES string of the molecule is CN(c1ccc([N+](=O)[O-])cc1)c1ccnc(Cl)n1.NC(=O)c1ccccc1. The number of hydrogen-bond acceptors (Lipinski definition) is 6. The average molecular weight is 386 g/mol. The molecule has 8 nitrogen and oxygen atoms in total. The van der Waals surface area contributed by atoms with E-state index < -0.39 is 4.92 Å². The molecule has 3 rings (SSSR count). The van der Waals surface area contributed by atoms with Gasteiger partial charge in [0.1, 0.15) is 5.82 Å². The molecule has 1 aromatic heterocycles. The molecule has 0 aliphatic carbocycles. The first-order valence-corrected chi connectivity index (χ1v) is 8.08. The molecular weight excluding hydrogens is 370 g/mol. The van der Waals surface area contributed by atoms with Gasteiger partial charge in [0.15, 0.2) is 0 Å². The van der Waals surface area contributed by atoms with E-state index in [0.717, 1.165) is 5.69 Å². The monoisotopic (exact) mass is 385 g/mol. The number of nitro groups is 1. The fourth-order valence-electron chi connectivity index (χ4n) is 2.05. The summed E-state index contributed by atoms with van der Waals surface area (Å²) in [6, 6.07) is 16.6. The Morgan fingerprint density at radius 2 is 1.74 bits per heavy atom. The molecule has 27 heavy (non-hydrogen) atoms. The highest BCUT2D eigenvalue weighted by atomic mass is 35.5. The van der Waals surface area contributed by atoms with Gasteiger partial charge in [-0.25, -0.2) is 9.97 Å². The van der Waals surface area contributed by atoms with Gasteiger partial charge in [-0.15, -0.1) is 0 Å². The summed E-state index contributed by atoms with van der Waals surface area (Å²) in [7, 11) is 1.79. The van der Waals surface area contributed by atoms with Crippen LogP contribution in [0.25, 0.3) is 0 Å². The van der Waals surface area contributed by atoms with Crippen LogP contribution in [0.15, 0.2) is 66.9 Å². The summed E-state index contributed by atoms with van der Waals surface area (Å²) in [6.07, 6.45) is 1.55. The molecule has 9 heteroatoms. The lowest BCUT2D eigenvalue weighted by Gasteiger charge is -2.17. The molecular formula is C18H16ClN5O3. The lowest BCUT2D eigenvalue weighted by atomic mass is 10.2. The maximum atomic E-state index is 10.6. The van der Waals surface area contributed by atoms with E-state index in [2.05, 4.69) is 9.97 Å². The fraction of sp³-hybridized carbons (Fsp3) is 0.0556. The van der Waals surface area contributed by atoms with E-state index in [4.69, 9.17) is 17.3 Å². The number of anilines is 2. The molecule has 3 aromatic rings. The van der Waals surface area contributed by atoms with Gasteiger partial charge in [0.25, 0.3) is 5.69 Å². The summed E-state index contributed by atoms with van der Waals surface area (Å²) in [5.74, 6) is 0.236. The van der Waals surface area contributed by atoms with Crippen molar-refractivity contribution < 1.29 is 9.72 Å². The molecule has 2 N–H and O–H groups in total. The third kappa shape index (κ3) is 5.75. The van der Waals surface area contributed by atoms with Gasteiger partial charge in [0.05, 0.1) is 4.92 Å². The third-order valence-corrected chi connectivity index (χ3v) is 3.64. The predicted molar refractivity (Wildman–Crippen MR) is 103 cm³/mol. The van der Waals surface area contributed by atoms with E-state index >= 15 is 0 Å². The number of carbonyl (C=O) groups is 1. The number of nitrogens with zero attached hydrogens (tertiary/aromatic N) is 4. The van der Waals surface area contributed by atoms with Gasteiger partial charge in [-0.05, 0) is 41.9 Å².